The van der Waals surface area contributed by atoms with Gasteiger partial charge in [-0.25, -0.2) is 0 Å². The van der Waals surface area contributed by atoms with Crippen molar-refractivity contribution in [1.29, 1.82) is 0 Å². The summed E-state index contributed by atoms with van der Waals surface area (Å²) in [5, 5.41) is 0. The minimum Gasteiger partial charge on any atom is -0.607 e. The van der Waals surface area contributed by atoms with Gasteiger partial charge in [0.15, 0.2) is 4.90 Å². The van der Waals surface area contributed by atoms with Crippen LogP contribution in [0.5, 0.6) is 0 Å². The van der Waals surface area contributed by atoms with Crippen LogP contribution in [0.3, 0.4) is 0 Å². The maximum Gasteiger partial charge on any atom is 0.402 e. The SMILES string of the molecule is [O-][S+](c1cc[c]cc1)C(F)F. The predicted octanol–water partition coefficient (Wildman–Crippen LogP) is 1.82. The maximum absolute atomic E-state index is 11.8. The second-order valence-corrected chi connectivity index (χ2v) is 3.22. The van der Waals surface area contributed by atoms with Crippen molar-refractivity contribution in [2.24, 2.45) is 0 Å². The average Bonchev–Trinajstić information content (AvgIpc) is 2.05. The van der Waals surface area contributed by atoms with Gasteiger partial charge in [-0.15, -0.1) is 0 Å². The molecule has 4 heteroatoms. The van der Waals surface area contributed by atoms with Gasteiger partial charge in [0.05, 0.1) is 11.2 Å². The van der Waals surface area contributed by atoms with Crippen LogP contribution in [-0.4, -0.2) is 10.3 Å². The highest BCUT2D eigenvalue weighted by Gasteiger charge is 2.21. The van der Waals surface area contributed by atoms with E-state index in [1.165, 1.54) is 24.3 Å². The van der Waals surface area contributed by atoms with E-state index in [1.54, 1.807) is 0 Å². The Hall–Kier alpha value is -0.610. The third-order valence-corrected chi connectivity index (χ3v) is 2.14. The Labute approximate surface area is 66.2 Å². The highest BCUT2D eigenvalue weighted by molar-refractivity contribution is 7.91. The van der Waals surface area contributed by atoms with E-state index in [1.807, 2.05) is 0 Å². The smallest absolute Gasteiger partial charge is 0.402 e. The van der Waals surface area contributed by atoms with Crippen LogP contribution in [0.2, 0.25) is 0 Å². The zero-order chi connectivity index (χ0) is 8.27. The normalized spacial score (nSPS) is 13.5. The second kappa shape index (κ2) is 3.69. The third-order valence-electron chi connectivity index (χ3n) is 1.08. The molecule has 59 valence electrons. The lowest BCUT2D eigenvalue weighted by Crippen LogP contribution is -2.10. The third kappa shape index (κ3) is 2.17. The Kier molecular flexibility index (Phi) is 2.84. The van der Waals surface area contributed by atoms with Gasteiger partial charge in [0.2, 0.25) is 0 Å². The molecule has 0 amide bonds. The fourth-order valence-corrected chi connectivity index (χ4v) is 1.22. The molecule has 0 saturated carbocycles. The zero-order valence-corrected chi connectivity index (χ0v) is 6.28. The number of hydrogen-bond acceptors (Lipinski definition) is 1. The fourth-order valence-electron chi connectivity index (χ4n) is 0.609. The van der Waals surface area contributed by atoms with E-state index in [-0.39, 0.29) is 4.90 Å². The highest BCUT2D eigenvalue weighted by Crippen LogP contribution is 2.16. The Morgan fingerprint density at radius 3 is 2.36 bits per heavy atom. The van der Waals surface area contributed by atoms with Crippen molar-refractivity contribution in [3.8, 4) is 0 Å². The highest BCUT2D eigenvalue weighted by atomic mass is 32.2. The summed E-state index contributed by atoms with van der Waals surface area (Å²) in [7, 11) is 0. The molecule has 1 rings (SSSR count). The summed E-state index contributed by atoms with van der Waals surface area (Å²) in [6.45, 7) is 0. The number of halogens is 2. The Balaban J connectivity index is 2.77. The van der Waals surface area contributed by atoms with Crippen LogP contribution in [0.25, 0.3) is 0 Å². The Morgan fingerprint density at radius 2 is 1.91 bits per heavy atom. The summed E-state index contributed by atoms with van der Waals surface area (Å²) in [6.07, 6.45) is 0. The topological polar surface area (TPSA) is 23.1 Å². The molecule has 1 atom stereocenters. The summed E-state index contributed by atoms with van der Waals surface area (Å²) in [6, 6.07) is 8.28. The molecule has 0 aromatic heterocycles. The molecule has 0 aliphatic heterocycles. The van der Waals surface area contributed by atoms with Crippen molar-refractivity contribution in [2.75, 3.05) is 0 Å². The van der Waals surface area contributed by atoms with Crippen molar-refractivity contribution in [1.82, 2.24) is 0 Å². The quantitative estimate of drug-likeness (QED) is 0.629. The van der Waals surface area contributed by atoms with Crippen LogP contribution >= 0.6 is 0 Å². The van der Waals surface area contributed by atoms with E-state index in [0.29, 0.717) is 0 Å². The molecule has 0 aliphatic carbocycles. The van der Waals surface area contributed by atoms with Crippen LogP contribution < -0.4 is 0 Å². The molecule has 0 heterocycles. The van der Waals surface area contributed by atoms with Gasteiger partial charge in [-0.05, 0) is 30.3 Å². The molecular weight excluding hydrogens is 170 g/mol. The number of alkyl halides is 2. The molecule has 1 unspecified atom stereocenters. The lowest BCUT2D eigenvalue weighted by molar-refractivity contribution is 0.235. The summed E-state index contributed by atoms with van der Waals surface area (Å²) < 4.78 is 34.3. The van der Waals surface area contributed by atoms with Crippen molar-refractivity contribution in [3.05, 3.63) is 30.3 Å². The van der Waals surface area contributed by atoms with E-state index >= 15 is 0 Å². The first-order valence-electron chi connectivity index (χ1n) is 2.86. The van der Waals surface area contributed by atoms with Gasteiger partial charge in [-0.1, -0.05) is 0 Å². The van der Waals surface area contributed by atoms with Crippen molar-refractivity contribution >= 4 is 11.2 Å². The molecule has 0 bridgehead atoms. The van der Waals surface area contributed by atoms with Crippen molar-refractivity contribution in [3.63, 3.8) is 0 Å². The summed E-state index contributed by atoms with van der Waals surface area (Å²) >= 11 is -2.19. The number of rotatable bonds is 2. The van der Waals surface area contributed by atoms with Crippen LogP contribution in [-0.2, 0) is 11.2 Å². The second-order valence-electron chi connectivity index (χ2n) is 1.79. The fraction of sp³-hybridized carbons (Fsp3) is 0.143. The van der Waals surface area contributed by atoms with Gasteiger partial charge >= 0.3 is 5.76 Å². The molecule has 1 radical (unpaired) electrons. The molecule has 0 saturated heterocycles. The first kappa shape index (κ1) is 8.49. The molecule has 0 aliphatic rings. The van der Waals surface area contributed by atoms with Gasteiger partial charge in [0.1, 0.15) is 0 Å². The van der Waals surface area contributed by atoms with Gasteiger partial charge in [-0.2, -0.15) is 8.78 Å². The molecule has 0 fully saturated rings. The average molecular weight is 175 g/mol. The van der Waals surface area contributed by atoms with E-state index in [2.05, 4.69) is 6.07 Å². The molecule has 1 nitrogen and oxygen atoms in total. The lowest BCUT2D eigenvalue weighted by Gasteiger charge is -2.06. The van der Waals surface area contributed by atoms with Crippen LogP contribution in [0.15, 0.2) is 29.2 Å². The van der Waals surface area contributed by atoms with Crippen LogP contribution in [0.1, 0.15) is 0 Å². The molecule has 1 aromatic rings. The van der Waals surface area contributed by atoms with Crippen molar-refractivity contribution < 1.29 is 13.3 Å². The first-order valence-corrected chi connectivity index (χ1v) is 4.08. The van der Waals surface area contributed by atoms with Gasteiger partial charge < -0.3 is 4.55 Å². The summed E-state index contributed by atoms with van der Waals surface area (Å²) in [5.41, 5.74) is 0. The van der Waals surface area contributed by atoms with E-state index in [9.17, 15) is 13.3 Å². The standard InChI is InChI=1S/C7H5F2OS/c8-7(9)11(10)6-4-2-1-3-5-6/h2-5,7H. The summed E-state index contributed by atoms with van der Waals surface area (Å²) in [4.78, 5) is 0.138. The van der Waals surface area contributed by atoms with Crippen molar-refractivity contribution in [2.45, 2.75) is 10.7 Å². The monoisotopic (exact) mass is 175 g/mol. The minimum absolute atomic E-state index is 0.138. The molecule has 0 spiro atoms. The Morgan fingerprint density at radius 1 is 1.36 bits per heavy atom. The van der Waals surface area contributed by atoms with Gasteiger partial charge in [0, 0.05) is 0 Å². The van der Waals surface area contributed by atoms with E-state index in [0.717, 1.165) is 0 Å². The van der Waals surface area contributed by atoms with Crippen LogP contribution in [0, 0.1) is 6.07 Å². The van der Waals surface area contributed by atoms with Gasteiger partial charge in [0.25, 0.3) is 0 Å². The molecule has 0 N–H and O–H groups in total. The lowest BCUT2D eigenvalue weighted by atomic mass is 10.4. The predicted molar refractivity (Wildman–Crippen MR) is 37.7 cm³/mol. The van der Waals surface area contributed by atoms with E-state index < -0.39 is 16.9 Å². The minimum atomic E-state index is -2.81. The molecule has 1 aromatic carbocycles. The molecule has 11 heavy (non-hydrogen) atoms. The number of benzene rings is 1. The zero-order valence-electron chi connectivity index (χ0n) is 5.46. The first-order chi connectivity index (χ1) is 5.22. The number of hydrogen-bond donors (Lipinski definition) is 0. The maximum atomic E-state index is 11.8. The summed E-state index contributed by atoms with van der Waals surface area (Å²) in [5.74, 6) is -2.81. The van der Waals surface area contributed by atoms with Gasteiger partial charge in [-0.3, -0.25) is 0 Å². The Bertz CT molecular complexity index is 215. The van der Waals surface area contributed by atoms with Crippen LogP contribution in [0.4, 0.5) is 8.78 Å². The van der Waals surface area contributed by atoms with E-state index in [4.69, 9.17) is 0 Å². The largest absolute Gasteiger partial charge is 0.607 e. The molecular formula is C7H5F2OS.